The molecule has 136 valence electrons. The van der Waals surface area contributed by atoms with E-state index < -0.39 is 74.6 Å². The van der Waals surface area contributed by atoms with Crippen LogP contribution in [-0.4, -0.2) is 115 Å². The lowest BCUT2D eigenvalue weighted by Gasteiger charge is -2.43. The van der Waals surface area contributed by atoms with Gasteiger partial charge in [0.05, 0.1) is 13.2 Å². The zero-order chi connectivity index (χ0) is 17.4. The molecule has 23 heavy (non-hydrogen) atoms. The van der Waals surface area contributed by atoms with Crippen molar-refractivity contribution in [3.05, 3.63) is 0 Å². The maximum atomic E-state index is 10.00. The predicted octanol–water partition coefficient (Wildman–Crippen LogP) is -5.40. The molecule has 0 aliphatic carbocycles. The molecular formula is C12H22O11. The molecule has 2 fully saturated rings. The highest BCUT2D eigenvalue weighted by atomic mass is 16.9. The molecular weight excluding hydrogens is 326 g/mol. The van der Waals surface area contributed by atoms with Crippen molar-refractivity contribution < 1.29 is 55.1 Å². The highest BCUT2D eigenvalue weighted by Gasteiger charge is 2.58. The maximum Gasteiger partial charge on any atom is 0.224 e. The second kappa shape index (κ2) is 7.21. The Bertz CT molecular complexity index is 393. The average Bonchev–Trinajstić information content (AvgIpc) is 2.80. The van der Waals surface area contributed by atoms with Crippen LogP contribution in [0.4, 0.5) is 0 Å². The smallest absolute Gasteiger partial charge is 0.224 e. The van der Waals surface area contributed by atoms with Gasteiger partial charge in [0.2, 0.25) is 5.79 Å². The maximum absolute atomic E-state index is 10.00. The van der Waals surface area contributed by atoms with Crippen LogP contribution in [0.25, 0.3) is 0 Å². The Balaban J connectivity index is 2.18. The van der Waals surface area contributed by atoms with Crippen molar-refractivity contribution in [3.8, 4) is 0 Å². The van der Waals surface area contributed by atoms with Gasteiger partial charge in [-0.1, -0.05) is 0 Å². The Morgan fingerprint density at radius 2 is 1.39 bits per heavy atom. The van der Waals surface area contributed by atoms with E-state index in [-0.39, 0.29) is 0 Å². The van der Waals surface area contributed by atoms with Crippen molar-refractivity contribution in [1.29, 1.82) is 0 Å². The summed E-state index contributed by atoms with van der Waals surface area (Å²) >= 11 is 0. The third-order valence-electron chi connectivity index (χ3n) is 4.07. The molecule has 0 spiro atoms. The number of hydrogen-bond donors (Lipinski definition) is 8. The van der Waals surface area contributed by atoms with E-state index in [2.05, 4.69) is 0 Å². The van der Waals surface area contributed by atoms with Crippen LogP contribution < -0.4 is 0 Å². The van der Waals surface area contributed by atoms with Crippen LogP contribution in [0.3, 0.4) is 0 Å². The van der Waals surface area contributed by atoms with Crippen molar-refractivity contribution in [2.45, 2.75) is 54.8 Å². The van der Waals surface area contributed by atoms with E-state index in [1.165, 1.54) is 0 Å². The molecule has 8 N–H and O–H groups in total. The summed E-state index contributed by atoms with van der Waals surface area (Å²) in [6.07, 6.45) is -12.7. The minimum atomic E-state index is -2.22. The van der Waals surface area contributed by atoms with Gasteiger partial charge in [-0.15, -0.1) is 0 Å². The lowest BCUT2D eigenvalue weighted by molar-refractivity contribution is -0.383. The number of rotatable bonds is 5. The Morgan fingerprint density at radius 3 is 1.87 bits per heavy atom. The summed E-state index contributed by atoms with van der Waals surface area (Å²) in [5.74, 6) is -2.22. The standard InChI is InChI=1S/C12H22O11/c13-1-4-6(16)8(18)9(19)11(21-4)23-12(3-15)10(20)7(17)5(2-14)22-12/h4-11,13-20H,1-3H2/t4-,5-,6-,7-,8+,9-,10+,11-,12+/m1/s1/i1+1,4+1,6+1,8+1,9+1,11+1. The van der Waals surface area contributed by atoms with Crippen LogP contribution in [0, 0.1) is 0 Å². The zero-order valence-electron chi connectivity index (χ0n) is 12.0. The Morgan fingerprint density at radius 1 is 0.783 bits per heavy atom. The molecule has 0 unspecified atom stereocenters. The highest BCUT2D eigenvalue weighted by Crippen LogP contribution is 2.35. The van der Waals surface area contributed by atoms with Gasteiger partial charge < -0.3 is 55.1 Å². The summed E-state index contributed by atoms with van der Waals surface area (Å²) in [4.78, 5) is 0. The fraction of sp³-hybridized carbons (Fsp3) is 1.00. The highest BCUT2D eigenvalue weighted by molar-refractivity contribution is 4.98. The van der Waals surface area contributed by atoms with Crippen LogP contribution >= 0.6 is 0 Å². The molecule has 0 aromatic heterocycles. The molecule has 11 nitrogen and oxygen atoms in total. The van der Waals surface area contributed by atoms with Crippen molar-refractivity contribution in [2.75, 3.05) is 19.8 Å². The predicted molar refractivity (Wildman–Crippen MR) is 68.6 cm³/mol. The Kier molecular flexibility index (Phi) is 5.92. The molecule has 2 aliphatic heterocycles. The number of aliphatic hydroxyl groups excluding tert-OH is 8. The van der Waals surface area contributed by atoms with Gasteiger partial charge in [0.1, 0.15) is 49.3 Å². The molecule has 9 atom stereocenters. The molecule has 2 aliphatic rings. The largest absolute Gasteiger partial charge is 0.394 e. The van der Waals surface area contributed by atoms with E-state index >= 15 is 0 Å². The fourth-order valence-corrected chi connectivity index (χ4v) is 2.63. The molecule has 2 rings (SSSR count). The summed E-state index contributed by atoms with van der Waals surface area (Å²) in [5.41, 5.74) is 0. The van der Waals surface area contributed by atoms with Gasteiger partial charge in [-0.05, 0) is 0 Å². The first kappa shape index (κ1) is 18.9. The van der Waals surface area contributed by atoms with E-state index in [0.29, 0.717) is 0 Å². The zero-order valence-corrected chi connectivity index (χ0v) is 12.0. The van der Waals surface area contributed by atoms with E-state index in [4.69, 9.17) is 24.4 Å². The van der Waals surface area contributed by atoms with Crippen molar-refractivity contribution in [2.24, 2.45) is 0 Å². The molecule has 0 aromatic carbocycles. The van der Waals surface area contributed by atoms with E-state index in [1.54, 1.807) is 0 Å². The second-order valence-corrected chi connectivity index (χ2v) is 5.56. The molecule has 2 saturated heterocycles. The van der Waals surface area contributed by atoms with Gasteiger partial charge in [0.15, 0.2) is 6.29 Å². The summed E-state index contributed by atoms with van der Waals surface area (Å²) in [7, 11) is 0. The molecule has 0 saturated carbocycles. The van der Waals surface area contributed by atoms with Gasteiger partial charge in [0, 0.05) is 0 Å². The van der Waals surface area contributed by atoms with Gasteiger partial charge in [0.25, 0.3) is 0 Å². The summed E-state index contributed by atoms with van der Waals surface area (Å²) < 4.78 is 15.4. The first-order chi connectivity index (χ1) is 10.8. The van der Waals surface area contributed by atoms with E-state index in [0.717, 1.165) is 0 Å². The average molecular weight is 348 g/mol. The third-order valence-corrected chi connectivity index (χ3v) is 4.07. The van der Waals surface area contributed by atoms with Crippen LogP contribution in [0.2, 0.25) is 0 Å². The minimum Gasteiger partial charge on any atom is -0.394 e. The number of hydrogen-bond acceptors (Lipinski definition) is 11. The summed E-state index contributed by atoms with van der Waals surface area (Å²) in [6, 6.07) is 0. The fourth-order valence-electron chi connectivity index (χ4n) is 2.63. The topological polar surface area (TPSA) is 190 Å². The first-order valence-corrected chi connectivity index (χ1v) is 7.05. The van der Waals surface area contributed by atoms with Gasteiger partial charge in [-0.3, -0.25) is 0 Å². The first-order valence-electron chi connectivity index (χ1n) is 7.05. The summed E-state index contributed by atoms with van der Waals surface area (Å²) in [6.45, 7) is -2.32. The Hall–Kier alpha value is -0.440. The third kappa shape index (κ3) is 3.23. The van der Waals surface area contributed by atoms with Crippen LogP contribution in [0.5, 0.6) is 0 Å². The minimum absolute atomic E-state index is 0.669. The summed E-state index contributed by atoms with van der Waals surface area (Å²) in [5, 5.41) is 76.7. The molecule has 11 heteroatoms. The van der Waals surface area contributed by atoms with Gasteiger partial charge in [-0.25, -0.2) is 0 Å². The molecule has 0 bridgehead atoms. The second-order valence-electron chi connectivity index (χ2n) is 5.56. The van der Waals surface area contributed by atoms with E-state index in [1.807, 2.05) is 0 Å². The molecule has 0 amide bonds. The quantitative estimate of drug-likeness (QED) is 0.221. The van der Waals surface area contributed by atoms with Crippen LogP contribution in [0.1, 0.15) is 0 Å². The molecule has 0 aromatic rings. The van der Waals surface area contributed by atoms with Crippen LogP contribution in [0.15, 0.2) is 0 Å². The lowest BCUT2D eigenvalue weighted by atomic mass is 10.1. The Labute approximate surface area is 130 Å². The molecule has 2 heterocycles. The van der Waals surface area contributed by atoms with Crippen molar-refractivity contribution in [1.82, 2.24) is 0 Å². The number of ether oxygens (including phenoxy) is 3. The molecule has 0 radical (unpaired) electrons. The lowest BCUT2D eigenvalue weighted by Crippen LogP contribution is -2.62. The van der Waals surface area contributed by atoms with E-state index in [9.17, 15) is 30.6 Å². The van der Waals surface area contributed by atoms with Crippen molar-refractivity contribution in [3.63, 3.8) is 0 Å². The SMILES string of the molecule is OC[C@H]1O[C@@](CO)(O[13C@H]2O[13C@H]([13CH2]O)[13C@@H](O)[13C@H](O)[13C@H]2O)[C@@H](O)[C@@H]1O. The van der Waals surface area contributed by atoms with Crippen molar-refractivity contribution >= 4 is 0 Å². The van der Waals surface area contributed by atoms with Gasteiger partial charge in [-0.2, -0.15) is 0 Å². The monoisotopic (exact) mass is 348 g/mol. The van der Waals surface area contributed by atoms with Crippen LogP contribution in [-0.2, 0) is 14.2 Å². The normalized spacial score (nSPS) is 51.1. The number of aliphatic hydroxyl groups is 8. The van der Waals surface area contributed by atoms with Gasteiger partial charge >= 0.3 is 0 Å².